The zero-order chi connectivity index (χ0) is 10.4. The molecular formula is C8H13NO3PS. The van der Waals surface area contributed by atoms with Crippen LogP contribution in [0.15, 0.2) is 6.20 Å². The molecule has 0 bridgehead atoms. The summed E-state index contributed by atoms with van der Waals surface area (Å²) in [5.74, 6) is 0. The second-order valence-electron chi connectivity index (χ2n) is 2.52. The van der Waals surface area contributed by atoms with Gasteiger partial charge in [0.1, 0.15) is 0 Å². The SMILES string of the molecule is CCOP(=O)(Cc1cn[c]s1)OCC. The van der Waals surface area contributed by atoms with Gasteiger partial charge in [0.25, 0.3) is 0 Å². The molecule has 14 heavy (non-hydrogen) atoms. The minimum absolute atomic E-state index is 0.288. The lowest BCUT2D eigenvalue weighted by molar-refractivity contribution is 0.219. The van der Waals surface area contributed by atoms with Gasteiger partial charge in [0, 0.05) is 11.1 Å². The highest BCUT2D eigenvalue weighted by atomic mass is 32.1. The van der Waals surface area contributed by atoms with Crippen molar-refractivity contribution >= 4 is 18.9 Å². The highest BCUT2D eigenvalue weighted by Gasteiger charge is 2.24. The Balaban J connectivity index is 2.64. The molecule has 1 aromatic heterocycles. The molecule has 0 spiro atoms. The molecule has 0 fully saturated rings. The average molecular weight is 234 g/mol. The number of nitrogens with zero attached hydrogens (tertiary/aromatic N) is 1. The highest BCUT2D eigenvalue weighted by Crippen LogP contribution is 2.51. The molecule has 1 heterocycles. The minimum atomic E-state index is -2.96. The van der Waals surface area contributed by atoms with Gasteiger partial charge in [0.15, 0.2) is 5.51 Å². The van der Waals surface area contributed by atoms with Crippen molar-refractivity contribution < 1.29 is 13.6 Å². The van der Waals surface area contributed by atoms with Crippen LogP contribution in [0.2, 0.25) is 0 Å². The highest BCUT2D eigenvalue weighted by molar-refractivity contribution is 7.53. The monoisotopic (exact) mass is 234 g/mol. The van der Waals surface area contributed by atoms with Gasteiger partial charge in [-0.25, -0.2) is 4.98 Å². The normalized spacial score (nSPS) is 11.9. The summed E-state index contributed by atoms with van der Waals surface area (Å²) in [5.41, 5.74) is 2.70. The fourth-order valence-electron chi connectivity index (χ4n) is 0.996. The Morgan fingerprint density at radius 2 is 2.14 bits per heavy atom. The van der Waals surface area contributed by atoms with Gasteiger partial charge in [0.2, 0.25) is 0 Å². The van der Waals surface area contributed by atoms with Gasteiger partial charge < -0.3 is 9.05 Å². The zero-order valence-corrected chi connectivity index (χ0v) is 9.94. The van der Waals surface area contributed by atoms with E-state index in [1.165, 1.54) is 11.3 Å². The van der Waals surface area contributed by atoms with Crippen molar-refractivity contribution in [1.82, 2.24) is 4.98 Å². The van der Waals surface area contributed by atoms with Gasteiger partial charge in [-0.2, -0.15) is 0 Å². The molecule has 4 nitrogen and oxygen atoms in total. The Labute approximate surface area is 87.8 Å². The van der Waals surface area contributed by atoms with E-state index >= 15 is 0 Å². The maximum absolute atomic E-state index is 12.0. The molecule has 0 aliphatic heterocycles. The standard InChI is InChI=1S/C8H13NO3PS/c1-3-11-13(10,12-4-2)6-8-5-9-7-14-8/h5H,3-4,6H2,1-2H3. The predicted molar refractivity (Wildman–Crippen MR) is 55.5 cm³/mol. The summed E-state index contributed by atoms with van der Waals surface area (Å²) in [6.07, 6.45) is 1.92. The fourth-order valence-corrected chi connectivity index (χ4v) is 3.56. The first-order chi connectivity index (χ1) is 6.70. The van der Waals surface area contributed by atoms with Crippen LogP contribution in [-0.4, -0.2) is 18.2 Å². The second-order valence-corrected chi connectivity index (χ2v) is 5.49. The van der Waals surface area contributed by atoms with Gasteiger partial charge in [-0.15, -0.1) is 11.3 Å². The molecule has 0 amide bonds. The van der Waals surface area contributed by atoms with E-state index in [9.17, 15) is 4.57 Å². The molecule has 0 aromatic carbocycles. The van der Waals surface area contributed by atoms with Crippen molar-refractivity contribution in [2.75, 3.05) is 13.2 Å². The number of thiazole rings is 1. The molecular weight excluding hydrogens is 221 g/mol. The van der Waals surface area contributed by atoms with Gasteiger partial charge in [-0.1, -0.05) is 0 Å². The number of hydrogen-bond donors (Lipinski definition) is 0. The Hall–Kier alpha value is -0.220. The summed E-state index contributed by atoms with van der Waals surface area (Å²) in [6.45, 7) is 4.37. The van der Waals surface area contributed by atoms with Gasteiger partial charge in [-0.3, -0.25) is 4.57 Å². The van der Waals surface area contributed by atoms with Crippen molar-refractivity contribution in [3.63, 3.8) is 0 Å². The fraction of sp³-hybridized carbons (Fsp3) is 0.625. The average Bonchev–Trinajstić information content (AvgIpc) is 2.57. The molecule has 1 aromatic rings. The maximum atomic E-state index is 12.0. The van der Waals surface area contributed by atoms with Crippen LogP contribution >= 0.6 is 18.9 Å². The quantitative estimate of drug-likeness (QED) is 0.710. The van der Waals surface area contributed by atoms with E-state index in [0.29, 0.717) is 13.2 Å². The van der Waals surface area contributed by atoms with Crippen LogP contribution in [0.5, 0.6) is 0 Å². The molecule has 0 aliphatic carbocycles. The van der Waals surface area contributed by atoms with Crippen molar-refractivity contribution in [3.8, 4) is 0 Å². The molecule has 0 aliphatic rings. The largest absolute Gasteiger partial charge is 0.335 e. The molecule has 79 valence electrons. The molecule has 0 saturated heterocycles. The first-order valence-electron chi connectivity index (χ1n) is 4.39. The van der Waals surface area contributed by atoms with Crippen LogP contribution in [0.3, 0.4) is 0 Å². The summed E-state index contributed by atoms with van der Waals surface area (Å²) in [6, 6.07) is 0. The van der Waals surface area contributed by atoms with E-state index in [1.807, 2.05) is 0 Å². The maximum Gasteiger partial charge on any atom is 0.335 e. The van der Waals surface area contributed by atoms with E-state index in [1.54, 1.807) is 20.0 Å². The van der Waals surface area contributed by atoms with Crippen LogP contribution in [0.4, 0.5) is 0 Å². The summed E-state index contributed by atoms with van der Waals surface area (Å²) >= 11 is 1.33. The Morgan fingerprint density at radius 1 is 1.50 bits per heavy atom. The third-order valence-electron chi connectivity index (χ3n) is 1.44. The van der Waals surface area contributed by atoms with Gasteiger partial charge in [-0.05, 0) is 13.8 Å². The van der Waals surface area contributed by atoms with Crippen LogP contribution in [0.25, 0.3) is 0 Å². The number of aromatic nitrogens is 1. The lowest BCUT2D eigenvalue weighted by Crippen LogP contribution is -1.97. The third-order valence-corrected chi connectivity index (χ3v) is 4.39. The molecule has 6 heteroatoms. The number of rotatable bonds is 6. The third kappa shape index (κ3) is 3.50. The first-order valence-corrected chi connectivity index (χ1v) is 6.93. The van der Waals surface area contributed by atoms with Crippen LogP contribution in [0, 0.1) is 5.51 Å². The van der Waals surface area contributed by atoms with E-state index in [-0.39, 0.29) is 6.16 Å². The van der Waals surface area contributed by atoms with Gasteiger partial charge in [0.05, 0.1) is 19.4 Å². The van der Waals surface area contributed by atoms with Crippen LogP contribution in [-0.2, 0) is 19.8 Å². The topological polar surface area (TPSA) is 48.4 Å². The molecule has 1 radical (unpaired) electrons. The van der Waals surface area contributed by atoms with Crippen molar-refractivity contribution in [2.24, 2.45) is 0 Å². The van der Waals surface area contributed by atoms with Crippen LogP contribution in [0.1, 0.15) is 18.7 Å². The summed E-state index contributed by atoms with van der Waals surface area (Å²) < 4.78 is 22.3. The molecule has 0 atom stereocenters. The lowest BCUT2D eigenvalue weighted by Gasteiger charge is -2.15. The Kier molecular flexibility index (Phi) is 4.75. The molecule has 0 unspecified atom stereocenters. The smallest absolute Gasteiger partial charge is 0.309 e. The second kappa shape index (κ2) is 5.61. The minimum Gasteiger partial charge on any atom is -0.309 e. The number of hydrogen-bond acceptors (Lipinski definition) is 5. The van der Waals surface area contributed by atoms with Crippen molar-refractivity contribution in [3.05, 3.63) is 16.6 Å². The zero-order valence-electron chi connectivity index (χ0n) is 8.23. The Morgan fingerprint density at radius 3 is 2.57 bits per heavy atom. The first kappa shape index (κ1) is 11.9. The molecule has 1 rings (SSSR count). The summed E-state index contributed by atoms with van der Waals surface area (Å²) in [7, 11) is -2.96. The van der Waals surface area contributed by atoms with Crippen molar-refractivity contribution in [1.29, 1.82) is 0 Å². The van der Waals surface area contributed by atoms with E-state index < -0.39 is 7.60 Å². The van der Waals surface area contributed by atoms with Crippen LogP contribution < -0.4 is 0 Å². The Bertz CT molecular complexity index is 292. The van der Waals surface area contributed by atoms with Crippen molar-refractivity contribution in [2.45, 2.75) is 20.0 Å². The van der Waals surface area contributed by atoms with E-state index in [2.05, 4.69) is 10.5 Å². The molecule has 0 N–H and O–H groups in total. The van der Waals surface area contributed by atoms with E-state index in [4.69, 9.17) is 9.05 Å². The molecule has 0 saturated carbocycles. The van der Waals surface area contributed by atoms with Gasteiger partial charge >= 0.3 is 7.60 Å². The summed E-state index contributed by atoms with van der Waals surface area (Å²) in [4.78, 5) is 4.66. The predicted octanol–water partition coefficient (Wildman–Crippen LogP) is 2.71. The van der Waals surface area contributed by atoms with E-state index in [0.717, 1.165) is 4.88 Å². The summed E-state index contributed by atoms with van der Waals surface area (Å²) in [5, 5.41) is 0. The lowest BCUT2D eigenvalue weighted by atomic mass is 10.6.